The Morgan fingerprint density at radius 2 is 1.60 bits per heavy atom. The maximum Gasteiger partial charge on any atom is 0.338 e. The number of esters is 1. The van der Waals surface area contributed by atoms with Crippen LogP contribution in [0.4, 0.5) is 0 Å². The Morgan fingerprint density at radius 3 is 2.33 bits per heavy atom. The van der Waals surface area contributed by atoms with Crippen molar-refractivity contribution in [3.05, 3.63) is 118 Å². The summed E-state index contributed by atoms with van der Waals surface area (Å²) in [6.07, 6.45) is 5.20. The summed E-state index contributed by atoms with van der Waals surface area (Å²) in [7, 11) is 1.61. The number of aromatic nitrogens is 1. The zero-order chi connectivity index (χ0) is 28.3. The van der Waals surface area contributed by atoms with E-state index in [1.54, 1.807) is 55.7 Å². The summed E-state index contributed by atoms with van der Waals surface area (Å²) >= 11 is 12.0. The lowest BCUT2D eigenvalue weighted by Crippen LogP contribution is -2.09. The van der Waals surface area contributed by atoms with Crippen LogP contribution in [0.2, 0.25) is 10.0 Å². The van der Waals surface area contributed by atoms with Crippen LogP contribution in [0.25, 0.3) is 6.08 Å². The van der Waals surface area contributed by atoms with Gasteiger partial charge in [-0.1, -0.05) is 41.4 Å². The Morgan fingerprint density at radius 1 is 0.850 bits per heavy atom. The summed E-state index contributed by atoms with van der Waals surface area (Å²) in [5.41, 5.74) is 1.73. The Hall–Kier alpha value is -4.33. The molecule has 0 atom stereocenters. The second kappa shape index (κ2) is 14.2. The molecule has 0 radical (unpaired) electrons. The molecule has 0 unspecified atom stereocenters. The number of ether oxygens (including phenoxy) is 4. The van der Waals surface area contributed by atoms with Crippen molar-refractivity contribution in [2.24, 2.45) is 0 Å². The summed E-state index contributed by atoms with van der Waals surface area (Å²) in [6, 6.07) is 22.1. The van der Waals surface area contributed by atoms with E-state index in [-0.39, 0.29) is 23.8 Å². The molecule has 1 heterocycles. The van der Waals surface area contributed by atoms with Gasteiger partial charge in [-0.2, -0.15) is 0 Å². The van der Waals surface area contributed by atoms with E-state index in [1.807, 2.05) is 24.3 Å². The van der Waals surface area contributed by atoms with Gasteiger partial charge in [0.15, 0.2) is 5.78 Å². The third-order valence-corrected chi connectivity index (χ3v) is 6.08. The van der Waals surface area contributed by atoms with Gasteiger partial charge in [-0.05, 0) is 72.3 Å². The Bertz CT molecular complexity index is 1490. The van der Waals surface area contributed by atoms with Crippen LogP contribution in [0.15, 0.2) is 91.1 Å². The number of carbonyl (C=O) groups is 2. The van der Waals surface area contributed by atoms with Crippen molar-refractivity contribution in [1.29, 1.82) is 0 Å². The number of hydrogen-bond acceptors (Lipinski definition) is 7. The van der Waals surface area contributed by atoms with Crippen molar-refractivity contribution in [1.82, 2.24) is 4.98 Å². The normalized spacial score (nSPS) is 10.8. The van der Waals surface area contributed by atoms with E-state index in [0.29, 0.717) is 40.1 Å². The van der Waals surface area contributed by atoms with Crippen LogP contribution in [-0.2, 0) is 4.74 Å². The van der Waals surface area contributed by atoms with Gasteiger partial charge >= 0.3 is 5.97 Å². The van der Waals surface area contributed by atoms with Crippen LogP contribution < -0.4 is 14.2 Å². The SMILES string of the molecule is COc1ccc(/C=C/C(=O)c2ccc(OCCCOC(=O)c3ccnc(Oc4ccc(Cl)cc4Cl)c3)cc2)cc1. The number of hydrogen-bond donors (Lipinski definition) is 0. The van der Waals surface area contributed by atoms with Gasteiger partial charge < -0.3 is 18.9 Å². The van der Waals surface area contributed by atoms with Gasteiger partial charge in [0.1, 0.15) is 17.2 Å². The highest BCUT2D eigenvalue weighted by atomic mass is 35.5. The van der Waals surface area contributed by atoms with Crippen LogP contribution in [0.5, 0.6) is 23.1 Å². The first kappa shape index (κ1) is 28.7. The Labute approximate surface area is 241 Å². The predicted molar refractivity (Wildman–Crippen MR) is 154 cm³/mol. The van der Waals surface area contributed by atoms with E-state index in [1.165, 1.54) is 24.4 Å². The van der Waals surface area contributed by atoms with E-state index in [4.69, 9.17) is 42.1 Å². The lowest BCUT2D eigenvalue weighted by Gasteiger charge is -2.09. The average Bonchev–Trinajstić information content (AvgIpc) is 2.98. The zero-order valence-corrected chi connectivity index (χ0v) is 23.0. The number of allylic oxidation sites excluding steroid dienone is 1. The Balaban J connectivity index is 1.19. The standard InChI is InChI=1S/C31H25Cl2NO6/c1-37-25-9-3-21(4-10-25)5-13-28(35)22-6-11-26(12-7-22)38-17-2-18-39-31(36)23-15-16-34-30(19-23)40-29-14-8-24(32)20-27(29)33/h3-16,19-20H,2,17-18H2,1H3/b13-5+. The van der Waals surface area contributed by atoms with Gasteiger partial charge in [0.25, 0.3) is 0 Å². The molecule has 0 bridgehead atoms. The lowest BCUT2D eigenvalue weighted by atomic mass is 10.1. The second-order valence-corrected chi connectivity index (χ2v) is 9.24. The minimum absolute atomic E-state index is 0.116. The molecule has 0 aliphatic rings. The van der Waals surface area contributed by atoms with Crippen molar-refractivity contribution in [3.8, 4) is 23.1 Å². The fourth-order valence-electron chi connectivity index (χ4n) is 3.46. The first-order valence-corrected chi connectivity index (χ1v) is 13.0. The minimum Gasteiger partial charge on any atom is -0.497 e. The molecule has 0 fully saturated rings. The topological polar surface area (TPSA) is 84.0 Å². The van der Waals surface area contributed by atoms with Gasteiger partial charge in [-0.15, -0.1) is 0 Å². The average molecular weight is 578 g/mol. The van der Waals surface area contributed by atoms with Gasteiger partial charge in [0, 0.05) is 29.3 Å². The number of nitrogens with zero attached hydrogens (tertiary/aromatic N) is 1. The summed E-state index contributed by atoms with van der Waals surface area (Å²) in [5.74, 6) is 1.30. The predicted octanol–water partition coefficient (Wildman–Crippen LogP) is 7.71. The molecule has 0 aliphatic carbocycles. The first-order valence-electron chi connectivity index (χ1n) is 12.3. The molecule has 0 spiro atoms. The molecule has 0 aliphatic heterocycles. The number of carbonyl (C=O) groups excluding carboxylic acids is 2. The molecule has 0 saturated carbocycles. The minimum atomic E-state index is -0.514. The van der Waals surface area contributed by atoms with E-state index < -0.39 is 5.97 Å². The molecule has 0 N–H and O–H groups in total. The van der Waals surface area contributed by atoms with E-state index >= 15 is 0 Å². The van der Waals surface area contributed by atoms with Crippen molar-refractivity contribution in [3.63, 3.8) is 0 Å². The zero-order valence-electron chi connectivity index (χ0n) is 21.5. The molecule has 7 nitrogen and oxygen atoms in total. The monoisotopic (exact) mass is 577 g/mol. The number of methoxy groups -OCH3 is 1. The number of benzene rings is 3. The largest absolute Gasteiger partial charge is 0.497 e. The van der Waals surface area contributed by atoms with Gasteiger partial charge in [-0.25, -0.2) is 9.78 Å². The first-order chi connectivity index (χ1) is 19.4. The van der Waals surface area contributed by atoms with E-state index in [9.17, 15) is 9.59 Å². The fraction of sp³-hybridized carbons (Fsp3) is 0.129. The van der Waals surface area contributed by atoms with Gasteiger partial charge in [0.2, 0.25) is 5.88 Å². The molecule has 0 amide bonds. The summed E-state index contributed by atoms with van der Waals surface area (Å²) in [6.45, 7) is 0.491. The van der Waals surface area contributed by atoms with Crippen LogP contribution in [0.1, 0.15) is 32.7 Å². The van der Waals surface area contributed by atoms with Gasteiger partial charge in [-0.3, -0.25) is 4.79 Å². The highest BCUT2D eigenvalue weighted by molar-refractivity contribution is 6.35. The van der Waals surface area contributed by atoms with Crippen LogP contribution in [0, 0.1) is 0 Å². The van der Waals surface area contributed by atoms with Crippen molar-refractivity contribution in [2.75, 3.05) is 20.3 Å². The quantitative estimate of drug-likeness (QED) is 0.0737. The van der Waals surface area contributed by atoms with Crippen LogP contribution in [0.3, 0.4) is 0 Å². The highest BCUT2D eigenvalue weighted by Crippen LogP contribution is 2.31. The number of ketones is 1. The van der Waals surface area contributed by atoms with Crippen molar-refractivity contribution >= 4 is 41.0 Å². The molecule has 4 rings (SSSR count). The van der Waals surface area contributed by atoms with Crippen LogP contribution in [-0.4, -0.2) is 37.1 Å². The summed E-state index contributed by atoms with van der Waals surface area (Å²) in [5, 5.41) is 0.804. The van der Waals surface area contributed by atoms with Gasteiger partial charge in [0.05, 0.1) is 30.9 Å². The molecule has 9 heteroatoms. The van der Waals surface area contributed by atoms with Crippen LogP contribution >= 0.6 is 23.2 Å². The lowest BCUT2D eigenvalue weighted by molar-refractivity contribution is 0.0485. The van der Waals surface area contributed by atoms with Crippen molar-refractivity contribution in [2.45, 2.75) is 6.42 Å². The highest BCUT2D eigenvalue weighted by Gasteiger charge is 2.11. The molecule has 4 aromatic rings. The fourth-order valence-corrected chi connectivity index (χ4v) is 3.91. The smallest absolute Gasteiger partial charge is 0.338 e. The third kappa shape index (κ3) is 8.33. The number of halogens is 2. The molecule has 204 valence electrons. The molecule has 0 saturated heterocycles. The number of rotatable bonds is 12. The molecule has 3 aromatic carbocycles. The Kier molecular flexibility index (Phi) is 10.2. The molecule has 40 heavy (non-hydrogen) atoms. The summed E-state index contributed by atoms with van der Waals surface area (Å²) < 4.78 is 21.8. The van der Waals surface area contributed by atoms with E-state index in [2.05, 4.69) is 4.98 Å². The number of pyridine rings is 1. The van der Waals surface area contributed by atoms with Crippen molar-refractivity contribution < 1.29 is 28.5 Å². The second-order valence-electron chi connectivity index (χ2n) is 8.39. The molecule has 1 aromatic heterocycles. The maximum absolute atomic E-state index is 12.4. The maximum atomic E-state index is 12.4. The van der Waals surface area contributed by atoms with E-state index in [0.717, 1.165) is 11.3 Å². The summed E-state index contributed by atoms with van der Waals surface area (Å²) in [4.78, 5) is 29.0. The third-order valence-electron chi connectivity index (χ3n) is 5.55. The molecular weight excluding hydrogens is 553 g/mol. The molecular formula is C31H25Cl2NO6.